The number of nitrogens with zero attached hydrogens (tertiary/aromatic N) is 3. The summed E-state index contributed by atoms with van der Waals surface area (Å²) in [5.41, 5.74) is 1.93. The molecule has 8 heteroatoms. The number of hydrogen-bond acceptors (Lipinski definition) is 6. The van der Waals surface area contributed by atoms with Crippen LogP contribution < -0.4 is 5.43 Å². The van der Waals surface area contributed by atoms with E-state index in [4.69, 9.17) is 0 Å². The zero-order valence-corrected chi connectivity index (χ0v) is 14.5. The topological polar surface area (TPSA) is 79.0 Å². The van der Waals surface area contributed by atoms with Gasteiger partial charge in [-0.25, -0.2) is 4.98 Å². The number of fused-ring (bicyclic) bond motifs is 1. The van der Waals surface area contributed by atoms with Gasteiger partial charge in [0, 0.05) is 29.5 Å². The van der Waals surface area contributed by atoms with E-state index in [1.807, 2.05) is 6.92 Å². The molecule has 0 atom stereocenters. The first-order chi connectivity index (χ1) is 11.6. The minimum Gasteiger partial charge on any atom is -0.334 e. The molecular formula is C16H14N4O2S2. The van der Waals surface area contributed by atoms with Crippen LogP contribution in [-0.4, -0.2) is 32.5 Å². The number of thiazole rings is 1. The molecule has 0 fully saturated rings. The van der Waals surface area contributed by atoms with Gasteiger partial charge >= 0.3 is 0 Å². The van der Waals surface area contributed by atoms with E-state index in [2.05, 4.69) is 26.6 Å². The molecule has 3 aromatic heterocycles. The Morgan fingerprint density at radius 3 is 3.04 bits per heavy atom. The lowest BCUT2D eigenvalue weighted by molar-refractivity contribution is 0.0734. The molecule has 0 aromatic carbocycles. The second-order valence-electron chi connectivity index (χ2n) is 5.60. The molecule has 24 heavy (non-hydrogen) atoms. The van der Waals surface area contributed by atoms with Crippen LogP contribution in [0.5, 0.6) is 0 Å². The zero-order chi connectivity index (χ0) is 16.7. The lowest BCUT2D eigenvalue weighted by Gasteiger charge is -2.26. The molecule has 0 aliphatic carbocycles. The highest BCUT2D eigenvalue weighted by molar-refractivity contribution is 7.16. The average Bonchev–Trinajstić information content (AvgIpc) is 3.19. The molecule has 4 heterocycles. The lowest BCUT2D eigenvalue weighted by Crippen LogP contribution is -2.37. The Balaban J connectivity index is 1.60. The number of carbonyl (C=O) groups excluding carboxylic acids is 1. The second kappa shape index (κ2) is 5.95. The average molecular weight is 358 g/mol. The molecule has 1 aliphatic rings. The summed E-state index contributed by atoms with van der Waals surface area (Å²) >= 11 is 3.38. The highest BCUT2D eigenvalue weighted by atomic mass is 32.1. The van der Waals surface area contributed by atoms with Crippen LogP contribution >= 0.6 is 22.7 Å². The SMILES string of the molecule is Cc1nc(-c2cc3c(s2)CCN(C(=O)c2c[nH]ncc2=O)C3)cs1. The van der Waals surface area contributed by atoms with Crippen molar-refractivity contribution in [1.82, 2.24) is 20.1 Å². The molecule has 1 amide bonds. The molecule has 0 unspecified atom stereocenters. The van der Waals surface area contributed by atoms with E-state index < -0.39 is 0 Å². The Kier molecular flexibility index (Phi) is 3.78. The van der Waals surface area contributed by atoms with E-state index in [1.54, 1.807) is 27.6 Å². The van der Waals surface area contributed by atoms with Gasteiger partial charge in [0.05, 0.1) is 21.8 Å². The highest BCUT2D eigenvalue weighted by Gasteiger charge is 2.25. The first kappa shape index (κ1) is 15.2. The van der Waals surface area contributed by atoms with Gasteiger partial charge in [-0.3, -0.25) is 14.7 Å². The number of thiophene rings is 1. The van der Waals surface area contributed by atoms with E-state index in [-0.39, 0.29) is 16.9 Å². The van der Waals surface area contributed by atoms with Gasteiger partial charge < -0.3 is 4.90 Å². The fourth-order valence-electron chi connectivity index (χ4n) is 2.79. The Bertz CT molecular complexity index is 972. The Morgan fingerprint density at radius 2 is 2.29 bits per heavy atom. The van der Waals surface area contributed by atoms with Gasteiger partial charge in [0.15, 0.2) is 0 Å². The quantitative estimate of drug-likeness (QED) is 0.763. The van der Waals surface area contributed by atoms with Gasteiger partial charge in [-0.05, 0) is 25.0 Å². The highest BCUT2D eigenvalue weighted by Crippen LogP contribution is 2.35. The van der Waals surface area contributed by atoms with Crippen molar-refractivity contribution in [3.63, 3.8) is 0 Å². The first-order valence-electron chi connectivity index (χ1n) is 7.48. The standard InChI is InChI=1S/C16H14N4O2S2/c1-9-19-12(8-23-9)15-4-10-7-20(3-2-14(10)24-15)16(22)11-5-17-18-6-13(11)21/h4-6,8H,2-3,7H2,1H3,(H,17,21). The van der Waals surface area contributed by atoms with Crippen molar-refractivity contribution in [2.45, 2.75) is 19.9 Å². The molecule has 1 N–H and O–H groups in total. The van der Waals surface area contributed by atoms with E-state index in [0.717, 1.165) is 33.8 Å². The van der Waals surface area contributed by atoms with Gasteiger partial charge in [0.1, 0.15) is 5.56 Å². The molecule has 0 radical (unpaired) electrons. The van der Waals surface area contributed by atoms with Crippen LogP contribution in [0.1, 0.15) is 25.8 Å². The van der Waals surface area contributed by atoms with E-state index in [9.17, 15) is 9.59 Å². The van der Waals surface area contributed by atoms with Crippen LogP contribution in [0.2, 0.25) is 0 Å². The van der Waals surface area contributed by atoms with Gasteiger partial charge in [-0.15, -0.1) is 22.7 Å². The minimum atomic E-state index is -0.353. The summed E-state index contributed by atoms with van der Waals surface area (Å²) in [7, 11) is 0. The van der Waals surface area contributed by atoms with Crippen LogP contribution in [-0.2, 0) is 13.0 Å². The minimum absolute atomic E-state index is 0.138. The van der Waals surface area contributed by atoms with Crippen molar-refractivity contribution >= 4 is 28.6 Å². The fraction of sp³-hybridized carbons (Fsp3) is 0.250. The van der Waals surface area contributed by atoms with Crippen molar-refractivity contribution in [2.24, 2.45) is 0 Å². The zero-order valence-electron chi connectivity index (χ0n) is 12.9. The molecule has 0 saturated carbocycles. The summed E-state index contributed by atoms with van der Waals surface area (Å²) in [4.78, 5) is 33.1. The Labute approximate surface area is 145 Å². The third-order valence-electron chi connectivity index (χ3n) is 3.99. The smallest absolute Gasteiger partial charge is 0.259 e. The Morgan fingerprint density at radius 1 is 1.42 bits per heavy atom. The summed E-state index contributed by atoms with van der Waals surface area (Å²) < 4.78 is 0. The molecule has 1 aliphatic heterocycles. The van der Waals surface area contributed by atoms with Crippen molar-refractivity contribution in [1.29, 1.82) is 0 Å². The monoisotopic (exact) mass is 358 g/mol. The summed E-state index contributed by atoms with van der Waals surface area (Å²) in [6.45, 7) is 3.13. The van der Waals surface area contributed by atoms with Crippen LogP contribution in [0, 0.1) is 6.92 Å². The molecule has 0 spiro atoms. The van der Waals surface area contributed by atoms with Crippen LogP contribution in [0.4, 0.5) is 0 Å². The number of hydrogen-bond donors (Lipinski definition) is 1. The predicted octanol–water partition coefficient (Wildman–Crippen LogP) is 2.46. The molecule has 122 valence electrons. The molecule has 0 saturated heterocycles. The number of aryl methyl sites for hydroxylation is 1. The second-order valence-corrected chi connectivity index (χ2v) is 7.80. The number of rotatable bonds is 2. The third kappa shape index (κ3) is 2.67. The molecule has 0 bridgehead atoms. The lowest BCUT2D eigenvalue weighted by atomic mass is 10.1. The summed E-state index contributed by atoms with van der Waals surface area (Å²) in [6.07, 6.45) is 3.31. The number of nitrogens with one attached hydrogen (secondary N) is 1. The summed E-state index contributed by atoms with van der Waals surface area (Å²) in [6, 6.07) is 2.12. The first-order valence-corrected chi connectivity index (χ1v) is 9.18. The van der Waals surface area contributed by atoms with Crippen molar-refractivity contribution in [3.8, 4) is 10.6 Å². The number of carbonyl (C=O) groups is 1. The number of H-pyrrole nitrogens is 1. The maximum Gasteiger partial charge on any atom is 0.259 e. The van der Waals surface area contributed by atoms with Gasteiger partial charge in [0.2, 0.25) is 5.43 Å². The van der Waals surface area contributed by atoms with Crippen LogP contribution in [0.3, 0.4) is 0 Å². The Hall–Kier alpha value is -2.32. The molecule has 3 aromatic rings. The van der Waals surface area contributed by atoms with Gasteiger partial charge in [-0.1, -0.05) is 0 Å². The van der Waals surface area contributed by atoms with E-state index in [0.29, 0.717) is 13.1 Å². The van der Waals surface area contributed by atoms with Crippen molar-refractivity contribution < 1.29 is 4.79 Å². The molecule has 4 rings (SSSR count). The largest absolute Gasteiger partial charge is 0.334 e. The molecule has 6 nitrogen and oxygen atoms in total. The number of aromatic nitrogens is 3. The van der Waals surface area contributed by atoms with Crippen LogP contribution in [0.15, 0.2) is 28.6 Å². The summed E-state index contributed by atoms with van der Waals surface area (Å²) in [5, 5.41) is 9.31. The maximum atomic E-state index is 12.6. The predicted molar refractivity (Wildman–Crippen MR) is 93.5 cm³/mol. The number of amides is 1. The summed E-state index contributed by atoms with van der Waals surface area (Å²) in [5.74, 6) is -0.249. The van der Waals surface area contributed by atoms with Gasteiger partial charge in [-0.2, -0.15) is 5.10 Å². The molecular weight excluding hydrogens is 344 g/mol. The van der Waals surface area contributed by atoms with Crippen molar-refractivity contribution in [2.75, 3.05) is 6.54 Å². The van der Waals surface area contributed by atoms with Crippen molar-refractivity contribution in [3.05, 3.63) is 55.1 Å². The fourth-order valence-corrected chi connectivity index (χ4v) is 4.60. The van der Waals surface area contributed by atoms with E-state index in [1.165, 1.54) is 11.1 Å². The van der Waals surface area contributed by atoms with Crippen LogP contribution in [0.25, 0.3) is 10.6 Å². The normalized spacial score (nSPS) is 13.8. The maximum absolute atomic E-state index is 12.6. The van der Waals surface area contributed by atoms with Gasteiger partial charge in [0.25, 0.3) is 5.91 Å². The van der Waals surface area contributed by atoms with E-state index >= 15 is 0 Å². The number of aromatic amines is 1. The third-order valence-corrected chi connectivity index (χ3v) is 6.02.